The van der Waals surface area contributed by atoms with E-state index >= 15 is 0 Å². The maximum Gasteiger partial charge on any atom is 0.187 e. The van der Waals surface area contributed by atoms with Crippen molar-refractivity contribution >= 4 is 0 Å². The summed E-state index contributed by atoms with van der Waals surface area (Å²) >= 11 is 0. The van der Waals surface area contributed by atoms with Crippen molar-refractivity contribution in [1.29, 1.82) is 0 Å². The molecule has 15 N–H and O–H groups in total. The van der Waals surface area contributed by atoms with Gasteiger partial charge >= 0.3 is 0 Å². The van der Waals surface area contributed by atoms with Crippen LogP contribution in [0.2, 0.25) is 0 Å². The monoisotopic (exact) mass is 1110 g/mol. The molecule has 29 atom stereocenters. The van der Waals surface area contributed by atoms with Crippen molar-refractivity contribution < 1.29 is 120 Å². The van der Waals surface area contributed by atoms with Gasteiger partial charge in [0.25, 0.3) is 0 Å². The lowest BCUT2D eigenvalue weighted by atomic mass is 9.35. The Kier molecular flexibility index (Phi) is 18.5. The number of rotatable bonds is 16. The summed E-state index contributed by atoms with van der Waals surface area (Å²) in [6.07, 6.45) is -23.3. The van der Waals surface area contributed by atoms with Crippen LogP contribution in [-0.2, 0) is 42.8 Å². The number of ether oxygens (including phenoxy) is 8. The molecule has 0 amide bonds. The molecule has 77 heavy (non-hydrogen) atoms. The average Bonchev–Trinajstić information content (AvgIpc) is 3.97. The topological polar surface area (TPSA) is 387 Å². The lowest BCUT2D eigenvalue weighted by Crippen LogP contribution is -2.68. The Labute approximate surface area is 449 Å². The number of aliphatic hydroxyl groups excluding tert-OH is 14. The number of hydrogen-bond donors (Lipinski definition) is 15. The van der Waals surface area contributed by atoms with Crippen LogP contribution in [0, 0.1) is 45.3 Å². The van der Waals surface area contributed by atoms with Crippen molar-refractivity contribution in [2.24, 2.45) is 45.3 Å². The Bertz CT molecular complexity index is 2000. The summed E-state index contributed by atoms with van der Waals surface area (Å²) in [5.41, 5.74) is -4.10. The summed E-state index contributed by atoms with van der Waals surface area (Å²) < 4.78 is 48.6. The van der Waals surface area contributed by atoms with Gasteiger partial charge in [0.1, 0.15) is 97.2 Å². The number of fused-ring (bicyclic) bond motifs is 5. The molecular weight excluding hydrogens is 1020 g/mol. The standard InChI is InChI=1S/C53H90O24/c1-48(2,77-68)13-9-14-53(8,76-46-42(67)38(63)36(61)28(73-46)22-70-44-40(65)33(58)25(57)21-69-44)23-10-16-52(7)32(23)24(56)18-30-50(5)15-12-31(49(3,4)29(50)11-17-51(30,52)6)74-47-43(39(64)35(60)27(20-55)72-47)75-45-41(66)37(62)34(59)26(19-54)71-45/h9,13,23-47,54-68H,10-12,14-22H2,1-8H3/b13-9+/t23?,24-,25?,26?,27?,28?,29?,30?,31+,32?,33?,34?,35?,36?,37?,38?,39?,40?,41?,42?,43?,44?,45?,46?,47?,50+,51-,52-,53+/m1/s1. The lowest BCUT2D eigenvalue weighted by molar-refractivity contribution is -0.378. The van der Waals surface area contributed by atoms with E-state index in [1.807, 2.05) is 6.92 Å². The maximum atomic E-state index is 12.8. The third-order valence-electron chi connectivity index (χ3n) is 20.6. The molecule has 0 spiro atoms. The zero-order valence-corrected chi connectivity index (χ0v) is 45.5. The molecule has 24 nitrogen and oxygen atoms in total. The molecule has 446 valence electrons. The molecule has 0 aromatic rings. The zero-order valence-electron chi connectivity index (χ0n) is 45.5. The van der Waals surface area contributed by atoms with Crippen LogP contribution in [0.1, 0.15) is 107 Å². The quantitative estimate of drug-likeness (QED) is 0.0341. The van der Waals surface area contributed by atoms with Crippen LogP contribution >= 0.6 is 0 Å². The number of hydrogen-bond acceptors (Lipinski definition) is 24. The molecule has 8 rings (SSSR count). The van der Waals surface area contributed by atoms with Gasteiger partial charge in [-0.3, -0.25) is 5.26 Å². The van der Waals surface area contributed by atoms with E-state index in [0.717, 1.165) is 12.8 Å². The van der Waals surface area contributed by atoms with Crippen molar-refractivity contribution in [3.05, 3.63) is 12.2 Å². The third kappa shape index (κ3) is 11.0. The molecular formula is C53H90O24. The fourth-order valence-electron chi connectivity index (χ4n) is 15.9. The van der Waals surface area contributed by atoms with Crippen LogP contribution in [0.4, 0.5) is 0 Å². The van der Waals surface area contributed by atoms with E-state index in [0.29, 0.717) is 32.1 Å². The highest BCUT2D eigenvalue weighted by Gasteiger charge is 2.72. The largest absolute Gasteiger partial charge is 0.394 e. The van der Waals surface area contributed by atoms with Gasteiger partial charge in [-0.15, -0.1) is 0 Å². The Morgan fingerprint density at radius 1 is 0.571 bits per heavy atom. The summed E-state index contributed by atoms with van der Waals surface area (Å²) in [4.78, 5) is 4.70. The van der Waals surface area contributed by atoms with Gasteiger partial charge in [-0.05, 0) is 117 Å². The summed E-state index contributed by atoms with van der Waals surface area (Å²) in [7, 11) is 0. The second-order valence-electron chi connectivity index (χ2n) is 25.8. The minimum Gasteiger partial charge on any atom is -0.394 e. The van der Waals surface area contributed by atoms with Crippen LogP contribution in [0.25, 0.3) is 0 Å². The highest BCUT2D eigenvalue weighted by molar-refractivity contribution is 5.21. The van der Waals surface area contributed by atoms with Crippen LogP contribution in [-0.4, -0.2) is 243 Å². The van der Waals surface area contributed by atoms with Crippen molar-refractivity contribution in [2.75, 3.05) is 26.4 Å². The molecule has 8 fully saturated rings. The van der Waals surface area contributed by atoms with Gasteiger partial charge in [-0.25, -0.2) is 4.89 Å². The van der Waals surface area contributed by atoms with E-state index in [4.69, 9.17) is 42.8 Å². The Morgan fingerprint density at radius 2 is 1.14 bits per heavy atom. The van der Waals surface area contributed by atoms with Gasteiger partial charge in [0.2, 0.25) is 0 Å². The smallest absolute Gasteiger partial charge is 0.187 e. The molecule has 4 aliphatic heterocycles. The molecule has 0 radical (unpaired) electrons. The normalized spacial score (nSPS) is 52.1. The predicted molar refractivity (Wildman–Crippen MR) is 263 cm³/mol. The molecule has 24 heteroatoms. The molecule has 4 heterocycles. The number of aliphatic hydroxyl groups is 14. The van der Waals surface area contributed by atoms with Gasteiger partial charge in [0.05, 0.1) is 44.2 Å². The van der Waals surface area contributed by atoms with Gasteiger partial charge in [0, 0.05) is 0 Å². The zero-order chi connectivity index (χ0) is 56.7. The first-order chi connectivity index (χ1) is 35.9. The highest BCUT2D eigenvalue weighted by atomic mass is 17.1. The van der Waals surface area contributed by atoms with Crippen LogP contribution in [0.15, 0.2) is 12.2 Å². The van der Waals surface area contributed by atoms with E-state index in [9.17, 15) is 76.7 Å². The van der Waals surface area contributed by atoms with Gasteiger partial charge in [0.15, 0.2) is 25.2 Å². The highest BCUT2D eigenvalue weighted by Crippen LogP contribution is 2.76. The Balaban J connectivity index is 1.02. The molecule has 4 saturated carbocycles. The fourth-order valence-corrected chi connectivity index (χ4v) is 15.9. The molecule has 0 aromatic heterocycles. The van der Waals surface area contributed by atoms with Gasteiger partial charge in [-0.2, -0.15) is 0 Å². The van der Waals surface area contributed by atoms with Crippen molar-refractivity contribution in [3.8, 4) is 0 Å². The molecule has 0 aromatic carbocycles. The van der Waals surface area contributed by atoms with Crippen molar-refractivity contribution in [1.82, 2.24) is 0 Å². The second kappa shape index (κ2) is 23.1. The molecule has 0 bridgehead atoms. The molecule has 23 unspecified atom stereocenters. The second-order valence-corrected chi connectivity index (χ2v) is 25.8. The van der Waals surface area contributed by atoms with Crippen LogP contribution < -0.4 is 0 Å². The predicted octanol–water partition coefficient (Wildman–Crippen LogP) is -2.10. The van der Waals surface area contributed by atoms with Crippen LogP contribution in [0.3, 0.4) is 0 Å². The molecule has 4 aliphatic carbocycles. The third-order valence-corrected chi connectivity index (χ3v) is 20.6. The molecule has 4 saturated heterocycles. The Morgan fingerprint density at radius 3 is 1.78 bits per heavy atom. The summed E-state index contributed by atoms with van der Waals surface area (Å²) in [6, 6.07) is 0. The van der Waals surface area contributed by atoms with E-state index in [1.54, 1.807) is 26.0 Å². The van der Waals surface area contributed by atoms with E-state index in [-0.39, 0.29) is 47.5 Å². The fraction of sp³-hybridized carbons (Fsp3) is 0.962. The minimum atomic E-state index is -1.83. The molecule has 8 aliphatic rings. The van der Waals surface area contributed by atoms with E-state index in [1.165, 1.54) is 0 Å². The maximum absolute atomic E-state index is 12.8. The first-order valence-corrected chi connectivity index (χ1v) is 27.5. The minimum absolute atomic E-state index is 0.000540. The van der Waals surface area contributed by atoms with E-state index in [2.05, 4.69) is 34.6 Å². The van der Waals surface area contributed by atoms with Gasteiger partial charge < -0.3 is 109 Å². The van der Waals surface area contributed by atoms with Crippen molar-refractivity contribution in [3.63, 3.8) is 0 Å². The van der Waals surface area contributed by atoms with E-state index < -0.39 is 171 Å². The summed E-state index contributed by atoms with van der Waals surface area (Å²) in [5.74, 6) is -0.727. The average molecular weight is 1110 g/mol. The summed E-state index contributed by atoms with van der Waals surface area (Å²) in [5, 5.41) is 161. The van der Waals surface area contributed by atoms with Crippen LogP contribution in [0.5, 0.6) is 0 Å². The van der Waals surface area contributed by atoms with Gasteiger partial charge in [-0.1, -0.05) is 46.8 Å². The summed E-state index contributed by atoms with van der Waals surface area (Å²) in [6.45, 7) is 14.1. The SMILES string of the molecule is CC(C)(/C=C/C[C@](C)(OC1OC(COC2OCC(O)C(O)C2O)C(O)C(O)C1O)C1CC[C@]2(C)C1[C@H](O)CC1[C@@]3(C)CC[C@H](OC4OC(CO)C(O)C(O)C4OC4OC(CO)C(O)C(O)C4O)C(C)(C)C3CC[C@]12C)OO. The first-order valence-electron chi connectivity index (χ1n) is 27.5. The van der Waals surface area contributed by atoms with Crippen molar-refractivity contribution in [2.45, 2.75) is 247 Å². The Hall–Kier alpha value is -1.22. The first kappa shape index (κ1) is 61.8. The lowest BCUT2D eigenvalue weighted by Gasteiger charge is -2.71.